The molecule has 1 atom stereocenters. The Labute approximate surface area is 193 Å². The van der Waals surface area contributed by atoms with Crippen molar-refractivity contribution < 1.29 is 4.74 Å². The molecule has 4 heteroatoms. The fourth-order valence-electron chi connectivity index (χ4n) is 3.63. The topological polar surface area (TPSA) is 24.5 Å². The van der Waals surface area contributed by atoms with Crippen LogP contribution in [0.5, 0.6) is 5.75 Å². The van der Waals surface area contributed by atoms with Crippen LogP contribution >= 0.6 is 12.4 Å². The molecule has 1 unspecified atom stereocenters. The van der Waals surface area contributed by atoms with E-state index in [0.717, 1.165) is 38.3 Å². The van der Waals surface area contributed by atoms with Gasteiger partial charge in [0.15, 0.2) is 0 Å². The van der Waals surface area contributed by atoms with Gasteiger partial charge in [0.05, 0.1) is 0 Å². The molecular formula is C27H35ClN2O. The lowest BCUT2D eigenvalue weighted by Crippen LogP contribution is -2.34. The van der Waals surface area contributed by atoms with Crippen LogP contribution in [0.25, 0.3) is 0 Å². The Balaban J connectivity index is 0.00000341. The summed E-state index contributed by atoms with van der Waals surface area (Å²) >= 11 is 0. The summed E-state index contributed by atoms with van der Waals surface area (Å²) in [6.07, 6.45) is 0.976. The predicted molar refractivity (Wildman–Crippen MR) is 133 cm³/mol. The average Bonchev–Trinajstić information content (AvgIpc) is 2.81. The third-order valence-electron chi connectivity index (χ3n) is 5.53. The van der Waals surface area contributed by atoms with Gasteiger partial charge in [0, 0.05) is 19.1 Å². The standard InChI is InChI=1S/C27H34N2O.ClH/c1-3-29(4-2)20-19-28-27(21-23-11-7-5-8-12-23)25-15-17-26(18-16-25)30-22-24-13-9-6-10-14-24;/h5-18,27-28H,3-4,19-22H2,1-2H3;1H. The second-order valence-corrected chi connectivity index (χ2v) is 7.57. The normalized spacial score (nSPS) is 11.7. The van der Waals surface area contributed by atoms with Gasteiger partial charge in [-0.3, -0.25) is 0 Å². The Bertz CT molecular complexity index is 836. The molecule has 0 aliphatic heterocycles. The lowest BCUT2D eigenvalue weighted by molar-refractivity contribution is 0.296. The highest BCUT2D eigenvalue weighted by Gasteiger charge is 2.13. The second-order valence-electron chi connectivity index (χ2n) is 7.57. The zero-order valence-electron chi connectivity index (χ0n) is 18.7. The van der Waals surface area contributed by atoms with E-state index in [1.54, 1.807) is 0 Å². The molecule has 3 aromatic carbocycles. The van der Waals surface area contributed by atoms with Crippen LogP contribution in [0.2, 0.25) is 0 Å². The molecule has 0 saturated heterocycles. The molecule has 0 saturated carbocycles. The van der Waals surface area contributed by atoms with Crippen molar-refractivity contribution in [3.63, 3.8) is 0 Å². The minimum Gasteiger partial charge on any atom is -0.489 e. The quantitative estimate of drug-likeness (QED) is 0.381. The zero-order chi connectivity index (χ0) is 21.0. The summed E-state index contributed by atoms with van der Waals surface area (Å²) in [7, 11) is 0. The van der Waals surface area contributed by atoms with E-state index in [0.29, 0.717) is 6.61 Å². The van der Waals surface area contributed by atoms with Gasteiger partial charge in [-0.05, 0) is 48.3 Å². The highest BCUT2D eigenvalue weighted by molar-refractivity contribution is 5.85. The molecule has 31 heavy (non-hydrogen) atoms. The molecule has 0 aliphatic carbocycles. The van der Waals surface area contributed by atoms with Gasteiger partial charge < -0.3 is 15.0 Å². The van der Waals surface area contributed by atoms with Gasteiger partial charge >= 0.3 is 0 Å². The average molecular weight is 439 g/mol. The summed E-state index contributed by atoms with van der Waals surface area (Å²) in [5, 5.41) is 3.78. The van der Waals surface area contributed by atoms with Crippen molar-refractivity contribution in [3.8, 4) is 5.75 Å². The van der Waals surface area contributed by atoms with E-state index < -0.39 is 0 Å². The largest absolute Gasteiger partial charge is 0.489 e. The molecule has 166 valence electrons. The maximum atomic E-state index is 5.96. The van der Waals surface area contributed by atoms with E-state index in [1.165, 1.54) is 16.7 Å². The first-order chi connectivity index (χ1) is 14.8. The van der Waals surface area contributed by atoms with Crippen molar-refractivity contribution in [2.24, 2.45) is 0 Å². The summed E-state index contributed by atoms with van der Waals surface area (Å²) in [5.41, 5.74) is 3.83. The third-order valence-corrected chi connectivity index (χ3v) is 5.53. The van der Waals surface area contributed by atoms with Crippen molar-refractivity contribution in [1.29, 1.82) is 0 Å². The summed E-state index contributed by atoms with van der Waals surface area (Å²) in [5.74, 6) is 0.907. The van der Waals surface area contributed by atoms with Crippen LogP contribution in [0.1, 0.15) is 36.6 Å². The molecule has 0 aliphatic rings. The molecule has 3 rings (SSSR count). The molecule has 1 N–H and O–H groups in total. The third kappa shape index (κ3) is 8.37. The summed E-state index contributed by atoms with van der Waals surface area (Å²) in [4.78, 5) is 2.45. The van der Waals surface area contributed by atoms with E-state index in [1.807, 2.05) is 18.2 Å². The van der Waals surface area contributed by atoms with E-state index in [9.17, 15) is 0 Å². The fraction of sp³-hybridized carbons (Fsp3) is 0.333. The van der Waals surface area contributed by atoms with Gasteiger partial charge in [0.1, 0.15) is 12.4 Å². The fourth-order valence-corrected chi connectivity index (χ4v) is 3.63. The van der Waals surface area contributed by atoms with Gasteiger partial charge in [-0.1, -0.05) is 86.6 Å². The molecule has 0 heterocycles. The maximum absolute atomic E-state index is 5.96. The first-order valence-electron chi connectivity index (χ1n) is 11.0. The number of halogens is 1. The van der Waals surface area contributed by atoms with Gasteiger partial charge in [-0.15, -0.1) is 12.4 Å². The van der Waals surface area contributed by atoms with Crippen LogP contribution in [-0.2, 0) is 13.0 Å². The van der Waals surface area contributed by atoms with Crippen molar-refractivity contribution in [2.75, 3.05) is 26.2 Å². The number of hydrogen-bond acceptors (Lipinski definition) is 3. The van der Waals surface area contributed by atoms with Crippen molar-refractivity contribution >= 4 is 12.4 Å². The van der Waals surface area contributed by atoms with Crippen LogP contribution < -0.4 is 10.1 Å². The van der Waals surface area contributed by atoms with Crippen molar-refractivity contribution in [2.45, 2.75) is 32.9 Å². The minimum atomic E-state index is 0. The van der Waals surface area contributed by atoms with E-state index >= 15 is 0 Å². The van der Waals surface area contributed by atoms with Crippen LogP contribution in [0.3, 0.4) is 0 Å². The number of rotatable bonds is 12. The Morgan fingerprint density at radius 1 is 0.774 bits per heavy atom. The number of benzene rings is 3. The smallest absolute Gasteiger partial charge is 0.119 e. The Hall–Kier alpha value is -2.33. The van der Waals surface area contributed by atoms with Crippen LogP contribution in [-0.4, -0.2) is 31.1 Å². The Morgan fingerprint density at radius 2 is 1.35 bits per heavy atom. The molecule has 0 bridgehead atoms. The van der Waals surface area contributed by atoms with E-state index in [4.69, 9.17) is 4.74 Å². The number of likely N-dealkylation sites (N-methyl/N-ethyl adjacent to an activating group) is 1. The van der Waals surface area contributed by atoms with E-state index in [-0.39, 0.29) is 18.4 Å². The van der Waals surface area contributed by atoms with E-state index in [2.05, 4.69) is 90.8 Å². The molecule has 0 radical (unpaired) electrons. The number of hydrogen-bond donors (Lipinski definition) is 1. The molecule has 0 spiro atoms. The highest BCUT2D eigenvalue weighted by Crippen LogP contribution is 2.22. The lowest BCUT2D eigenvalue weighted by atomic mass is 9.98. The highest BCUT2D eigenvalue weighted by atomic mass is 35.5. The first-order valence-corrected chi connectivity index (χ1v) is 11.0. The minimum absolute atomic E-state index is 0. The lowest BCUT2D eigenvalue weighted by Gasteiger charge is -2.23. The molecular weight excluding hydrogens is 404 g/mol. The second kappa shape index (κ2) is 13.9. The summed E-state index contributed by atoms with van der Waals surface area (Å²) in [6.45, 7) is 9.26. The number of nitrogens with zero attached hydrogens (tertiary/aromatic N) is 1. The molecule has 0 aromatic heterocycles. The Kier molecular flexibility index (Phi) is 11.2. The first kappa shape index (κ1) is 24.9. The molecule has 0 amide bonds. The van der Waals surface area contributed by atoms with Crippen LogP contribution in [0.15, 0.2) is 84.9 Å². The molecule has 3 aromatic rings. The van der Waals surface area contributed by atoms with Crippen LogP contribution in [0.4, 0.5) is 0 Å². The zero-order valence-corrected chi connectivity index (χ0v) is 19.5. The SMILES string of the molecule is CCN(CC)CCNC(Cc1ccccc1)c1ccc(OCc2ccccc2)cc1.Cl. The molecule has 0 fully saturated rings. The van der Waals surface area contributed by atoms with Gasteiger partial charge in [-0.2, -0.15) is 0 Å². The summed E-state index contributed by atoms with van der Waals surface area (Å²) in [6, 6.07) is 29.8. The number of nitrogens with one attached hydrogen (secondary N) is 1. The molecule has 3 nitrogen and oxygen atoms in total. The van der Waals surface area contributed by atoms with Crippen LogP contribution in [0, 0.1) is 0 Å². The van der Waals surface area contributed by atoms with Gasteiger partial charge in [0.2, 0.25) is 0 Å². The van der Waals surface area contributed by atoms with Gasteiger partial charge in [0.25, 0.3) is 0 Å². The predicted octanol–water partition coefficient (Wildman–Crippen LogP) is 5.90. The van der Waals surface area contributed by atoms with Crippen molar-refractivity contribution in [3.05, 3.63) is 102 Å². The summed E-state index contributed by atoms with van der Waals surface area (Å²) < 4.78 is 5.96. The maximum Gasteiger partial charge on any atom is 0.119 e. The number of ether oxygens (including phenoxy) is 1. The Morgan fingerprint density at radius 3 is 1.94 bits per heavy atom. The van der Waals surface area contributed by atoms with Gasteiger partial charge in [-0.25, -0.2) is 0 Å². The monoisotopic (exact) mass is 438 g/mol. The van der Waals surface area contributed by atoms with Crippen molar-refractivity contribution in [1.82, 2.24) is 10.2 Å².